The van der Waals surface area contributed by atoms with Gasteiger partial charge in [-0.1, -0.05) is 18.2 Å². The van der Waals surface area contributed by atoms with Crippen molar-refractivity contribution < 1.29 is 18.3 Å². The van der Waals surface area contributed by atoms with Crippen LogP contribution in [0.5, 0.6) is 5.75 Å². The zero-order chi connectivity index (χ0) is 22.0. The number of rotatable bonds is 6. The normalized spacial score (nSPS) is 12.0. The third kappa shape index (κ3) is 4.55. The van der Waals surface area contributed by atoms with Crippen molar-refractivity contribution in [2.24, 2.45) is 0 Å². The van der Waals surface area contributed by atoms with Gasteiger partial charge >= 0.3 is 0 Å². The van der Waals surface area contributed by atoms with E-state index in [1.807, 2.05) is 35.9 Å². The third-order valence-electron chi connectivity index (χ3n) is 4.99. The highest BCUT2D eigenvalue weighted by molar-refractivity contribution is 5.94. The van der Waals surface area contributed by atoms with Crippen LogP contribution in [-0.4, -0.2) is 15.3 Å². The lowest BCUT2D eigenvalue weighted by Crippen LogP contribution is -2.27. The van der Waals surface area contributed by atoms with Gasteiger partial charge in [0.15, 0.2) is 0 Å². The summed E-state index contributed by atoms with van der Waals surface area (Å²) in [6.07, 6.45) is 3.83. The van der Waals surface area contributed by atoms with Gasteiger partial charge in [-0.3, -0.25) is 4.79 Å². The third-order valence-corrected chi connectivity index (χ3v) is 4.99. The van der Waals surface area contributed by atoms with Crippen molar-refractivity contribution in [3.63, 3.8) is 0 Å². The van der Waals surface area contributed by atoms with Gasteiger partial charge in [0.1, 0.15) is 29.6 Å². The average Bonchev–Trinajstić information content (AvgIpc) is 3.17. The standard InChI is InChI=1S/C24H21F2N3O2/c1-15-5-4-10-29-13-19(28-23(15)29)14-31-20-7-3-6-17(11-20)24(30)27-16(2)21-9-8-18(25)12-22(21)26/h3-13,16H,14H2,1-2H3,(H,27,30). The van der Waals surface area contributed by atoms with Gasteiger partial charge in [-0.05, 0) is 49.7 Å². The molecule has 0 aliphatic rings. The molecule has 2 aromatic heterocycles. The first kappa shape index (κ1) is 20.5. The van der Waals surface area contributed by atoms with E-state index in [1.54, 1.807) is 31.2 Å². The topological polar surface area (TPSA) is 55.6 Å². The average molecular weight is 421 g/mol. The number of carbonyl (C=O) groups excluding carboxylic acids is 1. The van der Waals surface area contributed by atoms with Crippen LogP contribution in [-0.2, 0) is 6.61 Å². The smallest absolute Gasteiger partial charge is 0.251 e. The lowest BCUT2D eigenvalue weighted by molar-refractivity contribution is 0.0939. The summed E-state index contributed by atoms with van der Waals surface area (Å²) in [6.45, 7) is 3.89. The van der Waals surface area contributed by atoms with Crippen molar-refractivity contribution in [3.05, 3.63) is 101 Å². The summed E-state index contributed by atoms with van der Waals surface area (Å²) >= 11 is 0. The van der Waals surface area contributed by atoms with Crippen molar-refractivity contribution >= 4 is 11.6 Å². The number of halogens is 2. The van der Waals surface area contributed by atoms with Crippen LogP contribution < -0.4 is 10.1 Å². The summed E-state index contributed by atoms with van der Waals surface area (Å²) in [5, 5.41) is 2.73. The molecule has 0 fully saturated rings. The molecule has 0 bridgehead atoms. The maximum absolute atomic E-state index is 14.0. The molecule has 1 amide bonds. The Morgan fingerprint density at radius 3 is 2.77 bits per heavy atom. The molecule has 0 spiro atoms. The first-order chi connectivity index (χ1) is 14.9. The fraction of sp³-hybridized carbons (Fsp3) is 0.167. The van der Waals surface area contributed by atoms with Crippen LogP contribution in [0.3, 0.4) is 0 Å². The molecule has 0 radical (unpaired) electrons. The zero-order valence-corrected chi connectivity index (χ0v) is 17.1. The molecule has 0 aliphatic carbocycles. The van der Waals surface area contributed by atoms with Crippen molar-refractivity contribution in [2.45, 2.75) is 26.5 Å². The molecule has 5 nitrogen and oxygen atoms in total. The molecule has 0 aliphatic heterocycles. The van der Waals surface area contributed by atoms with E-state index in [0.717, 1.165) is 29.0 Å². The van der Waals surface area contributed by atoms with E-state index < -0.39 is 17.7 Å². The summed E-state index contributed by atoms with van der Waals surface area (Å²) < 4.78 is 34.8. The van der Waals surface area contributed by atoms with Crippen LogP contribution in [0.15, 0.2) is 67.0 Å². The maximum atomic E-state index is 14.0. The summed E-state index contributed by atoms with van der Waals surface area (Å²) in [6, 6.07) is 13.3. The Bertz CT molecular complexity index is 1250. The number of aromatic nitrogens is 2. The van der Waals surface area contributed by atoms with Gasteiger partial charge in [0.05, 0.1) is 11.7 Å². The van der Waals surface area contributed by atoms with Gasteiger partial charge in [0.2, 0.25) is 0 Å². The Labute approximate surface area is 178 Å². The number of fused-ring (bicyclic) bond motifs is 1. The first-order valence-electron chi connectivity index (χ1n) is 9.82. The molecule has 4 rings (SSSR count). The van der Waals surface area contributed by atoms with E-state index in [9.17, 15) is 13.6 Å². The van der Waals surface area contributed by atoms with Crippen LogP contribution in [0.25, 0.3) is 5.65 Å². The molecule has 158 valence electrons. The highest BCUT2D eigenvalue weighted by atomic mass is 19.1. The molecule has 0 saturated carbocycles. The Hall–Kier alpha value is -3.74. The van der Waals surface area contributed by atoms with E-state index in [-0.39, 0.29) is 18.1 Å². The molecule has 7 heteroatoms. The lowest BCUT2D eigenvalue weighted by Gasteiger charge is -2.15. The zero-order valence-electron chi connectivity index (χ0n) is 17.1. The van der Waals surface area contributed by atoms with E-state index >= 15 is 0 Å². The Balaban J connectivity index is 1.43. The number of nitrogens with zero attached hydrogens (tertiary/aromatic N) is 2. The van der Waals surface area contributed by atoms with E-state index in [1.165, 1.54) is 6.07 Å². The lowest BCUT2D eigenvalue weighted by atomic mass is 10.1. The first-order valence-corrected chi connectivity index (χ1v) is 9.82. The largest absolute Gasteiger partial charge is 0.487 e. The van der Waals surface area contributed by atoms with Gasteiger partial charge in [-0.25, -0.2) is 13.8 Å². The Kier molecular flexibility index (Phi) is 5.66. The maximum Gasteiger partial charge on any atom is 0.251 e. The highest BCUT2D eigenvalue weighted by Crippen LogP contribution is 2.20. The molecule has 1 unspecified atom stereocenters. The SMILES string of the molecule is Cc1cccn2cc(COc3cccc(C(=O)NC(C)c4ccc(F)cc4F)c3)nc12. The molecule has 0 saturated heterocycles. The molecular formula is C24H21F2N3O2. The number of ether oxygens (including phenoxy) is 1. The minimum atomic E-state index is -0.701. The van der Waals surface area contributed by atoms with Crippen molar-refractivity contribution in [1.82, 2.24) is 14.7 Å². The molecule has 31 heavy (non-hydrogen) atoms. The van der Waals surface area contributed by atoms with Crippen LogP contribution in [0.4, 0.5) is 8.78 Å². The molecule has 2 aromatic carbocycles. The molecule has 1 N–H and O–H groups in total. The number of carbonyl (C=O) groups is 1. The fourth-order valence-corrected chi connectivity index (χ4v) is 3.37. The van der Waals surface area contributed by atoms with Crippen molar-refractivity contribution in [1.29, 1.82) is 0 Å². The van der Waals surface area contributed by atoms with Crippen LogP contribution in [0.1, 0.15) is 40.1 Å². The monoisotopic (exact) mass is 421 g/mol. The van der Waals surface area contributed by atoms with Gasteiger partial charge in [0, 0.05) is 29.6 Å². The van der Waals surface area contributed by atoms with Gasteiger partial charge < -0.3 is 14.5 Å². The number of aryl methyl sites for hydroxylation is 1. The number of benzene rings is 2. The number of amides is 1. The van der Waals surface area contributed by atoms with Gasteiger partial charge in [-0.15, -0.1) is 0 Å². The second kappa shape index (κ2) is 8.55. The molecule has 2 heterocycles. The minimum absolute atomic E-state index is 0.212. The number of imidazole rings is 1. The summed E-state index contributed by atoms with van der Waals surface area (Å²) in [7, 11) is 0. The predicted octanol–water partition coefficient (Wildman–Crippen LogP) is 4.99. The quantitative estimate of drug-likeness (QED) is 0.477. The van der Waals surface area contributed by atoms with Crippen LogP contribution in [0, 0.1) is 18.6 Å². The fourth-order valence-electron chi connectivity index (χ4n) is 3.37. The molecular weight excluding hydrogens is 400 g/mol. The summed E-state index contributed by atoms with van der Waals surface area (Å²) in [5.41, 5.74) is 3.29. The van der Waals surface area contributed by atoms with Crippen LogP contribution in [0.2, 0.25) is 0 Å². The Morgan fingerprint density at radius 1 is 1.16 bits per heavy atom. The molecule has 4 aromatic rings. The van der Waals surface area contributed by atoms with Gasteiger partial charge in [0.25, 0.3) is 5.91 Å². The van der Waals surface area contributed by atoms with E-state index in [0.29, 0.717) is 11.3 Å². The second-order valence-corrected chi connectivity index (χ2v) is 7.33. The highest BCUT2D eigenvalue weighted by Gasteiger charge is 2.16. The number of hydrogen-bond acceptors (Lipinski definition) is 3. The van der Waals surface area contributed by atoms with Crippen molar-refractivity contribution in [3.8, 4) is 5.75 Å². The minimum Gasteiger partial charge on any atom is -0.487 e. The van der Waals surface area contributed by atoms with Gasteiger partial charge in [-0.2, -0.15) is 0 Å². The summed E-state index contributed by atoms with van der Waals surface area (Å²) in [5.74, 6) is -1.23. The van der Waals surface area contributed by atoms with E-state index in [4.69, 9.17) is 4.74 Å². The Morgan fingerprint density at radius 2 is 2.00 bits per heavy atom. The van der Waals surface area contributed by atoms with Crippen LogP contribution >= 0.6 is 0 Å². The summed E-state index contributed by atoms with van der Waals surface area (Å²) in [4.78, 5) is 17.2. The number of hydrogen-bond donors (Lipinski definition) is 1. The number of pyridine rings is 1. The van der Waals surface area contributed by atoms with Crippen molar-refractivity contribution in [2.75, 3.05) is 0 Å². The van der Waals surface area contributed by atoms with E-state index in [2.05, 4.69) is 10.3 Å². The molecule has 1 atom stereocenters. The second-order valence-electron chi connectivity index (χ2n) is 7.33. The number of nitrogens with one attached hydrogen (secondary N) is 1. The predicted molar refractivity (Wildman–Crippen MR) is 113 cm³/mol.